The van der Waals surface area contributed by atoms with Gasteiger partial charge in [0.25, 0.3) is 0 Å². The number of hydrogen-bond donors (Lipinski definition) is 3. The quantitative estimate of drug-likeness (QED) is 0.568. The lowest BCUT2D eigenvalue weighted by Crippen LogP contribution is -2.45. The Balaban J connectivity index is 2.10. The number of nitrogens with one attached hydrogen (secondary N) is 2. The van der Waals surface area contributed by atoms with Crippen molar-refractivity contribution in [2.24, 2.45) is 10.7 Å². The first-order chi connectivity index (χ1) is 9.35. The molecule has 0 radical (unpaired) electrons. The molecular weight excluding hydrogens is 252 g/mol. The van der Waals surface area contributed by atoms with Crippen molar-refractivity contribution in [1.82, 2.24) is 5.32 Å². The molecule has 4 N–H and O–H groups in total. The highest BCUT2D eigenvalue weighted by Gasteiger charge is 2.24. The molecular formula is C15H22N4O. The van der Waals surface area contributed by atoms with Crippen molar-refractivity contribution in [2.45, 2.75) is 38.6 Å². The van der Waals surface area contributed by atoms with Crippen LogP contribution in [0.1, 0.15) is 38.7 Å². The molecule has 0 saturated carbocycles. The van der Waals surface area contributed by atoms with E-state index in [-0.39, 0.29) is 17.4 Å². The van der Waals surface area contributed by atoms with E-state index in [0.717, 1.165) is 11.3 Å². The summed E-state index contributed by atoms with van der Waals surface area (Å²) >= 11 is 0. The smallest absolute Gasteiger partial charge is 0.225 e. The maximum atomic E-state index is 11.7. The average Bonchev–Trinajstić information content (AvgIpc) is 2.33. The number of rotatable bonds is 2. The Kier molecular flexibility index (Phi) is 3.97. The molecule has 108 valence electrons. The Labute approximate surface area is 119 Å². The number of para-hydroxylation sites is 1. The number of hydrogen-bond acceptors (Lipinski definition) is 2. The van der Waals surface area contributed by atoms with Crippen LogP contribution in [0.3, 0.4) is 0 Å². The summed E-state index contributed by atoms with van der Waals surface area (Å²) in [7, 11) is 0. The first kappa shape index (κ1) is 14.4. The molecule has 5 heteroatoms. The number of nitrogens with zero attached hydrogens (tertiary/aromatic N) is 1. The molecule has 0 spiro atoms. The lowest BCUT2D eigenvalue weighted by molar-refractivity contribution is -0.116. The van der Waals surface area contributed by atoms with Gasteiger partial charge in [-0.2, -0.15) is 0 Å². The van der Waals surface area contributed by atoms with E-state index in [1.807, 2.05) is 45.0 Å². The highest BCUT2D eigenvalue weighted by atomic mass is 16.1. The van der Waals surface area contributed by atoms with Gasteiger partial charge in [-0.15, -0.1) is 0 Å². The number of carbonyl (C=O) groups excluding carboxylic acids is 1. The average molecular weight is 274 g/mol. The fourth-order valence-electron chi connectivity index (χ4n) is 2.30. The van der Waals surface area contributed by atoms with Crippen LogP contribution in [0.5, 0.6) is 0 Å². The second-order valence-electron chi connectivity index (χ2n) is 6.14. The van der Waals surface area contributed by atoms with Crippen molar-refractivity contribution in [3.05, 3.63) is 29.8 Å². The monoisotopic (exact) mass is 274 g/mol. The minimum absolute atomic E-state index is 0.0336. The zero-order chi connectivity index (χ0) is 14.8. The first-order valence-corrected chi connectivity index (χ1v) is 6.82. The fraction of sp³-hybridized carbons (Fsp3) is 0.467. The molecule has 0 aromatic heterocycles. The van der Waals surface area contributed by atoms with E-state index in [0.29, 0.717) is 18.9 Å². The lowest BCUT2D eigenvalue weighted by atomic mass is 9.91. The Morgan fingerprint density at radius 1 is 1.45 bits per heavy atom. The van der Waals surface area contributed by atoms with E-state index in [1.54, 1.807) is 0 Å². The van der Waals surface area contributed by atoms with Gasteiger partial charge in [-0.1, -0.05) is 18.2 Å². The number of amides is 1. The largest absolute Gasteiger partial charge is 0.370 e. The molecule has 1 atom stereocenters. The van der Waals surface area contributed by atoms with Gasteiger partial charge < -0.3 is 16.4 Å². The van der Waals surface area contributed by atoms with Crippen molar-refractivity contribution >= 4 is 17.6 Å². The number of carbonyl (C=O) groups is 1. The summed E-state index contributed by atoms with van der Waals surface area (Å²) in [5, 5.41) is 6.00. The molecule has 0 fully saturated rings. The van der Waals surface area contributed by atoms with Crippen molar-refractivity contribution in [1.29, 1.82) is 0 Å². The van der Waals surface area contributed by atoms with Gasteiger partial charge in [-0.3, -0.25) is 9.79 Å². The minimum Gasteiger partial charge on any atom is -0.370 e. The number of aliphatic imine (C=N–C) groups is 1. The van der Waals surface area contributed by atoms with Crippen molar-refractivity contribution in [3.8, 4) is 0 Å². The van der Waals surface area contributed by atoms with Crippen LogP contribution in [0.4, 0.5) is 5.69 Å². The Morgan fingerprint density at radius 2 is 2.15 bits per heavy atom. The summed E-state index contributed by atoms with van der Waals surface area (Å²) in [5.74, 6) is 0.535. The van der Waals surface area contributed by atoms with E-state index in [4.69, 9.17) is 5.73 Å². The second kappa shape index (κ2) is 5.53. The molecule has 1 heterocycles. The van der Waals surface area contributed by atoms with Crippen LogP contribution in [0.25, 0.3) is 0 Å². The molecule has 0 saturated heterocycles. The summed E-state index contributed by atoms with van der Waals surface area (Å²) in [4.78, 5) is 16.1. The molecule has 20 heavy (non-hydrogen) atoms. The molecule has 1 aliphatic rings. The molecule has 5 nitrogen and oxygen atoms in total. The summed E-state index contributed by atoms with van der Waals surface area (Å²) in [6, 6.07) is 7.84. The van der Waals surface area contributed by atoms with Crippen molar-refractivity contribution in [3.63, 3.8) is 0 Å². The minimum atomic E-state index is -0.116. The number of anilines is 1. The molecule has 0 bridgehead atoms. The topological polar surface area (TPSA) is 79.5 Å². The Morgan fingerprint density at radius 3 is 2.85 bits per heavy atom. The molecule has 1 unspecified atom stereocenters. The standard InChI is InChI=1S/C15H22N4O/c1-15(2,3)19-14(16)17-9-10-8-13(20)18-12-7-5-4-6-11(10)12/h4-7,10H,8-9H2,1-3H3,(H,18,20)(H3,16,17,19). The van der Waals surface area contributed by atoms with Gasteiger partial charge in [-0.25, -0.2) is 0 Å². The highest BCUT2D eigenvalue weighted by molar-refractivity contribution is 5.94. The van der Waals surface area contributed by atoms with Crippen LogP contribution in [0.2, 0.25) is 0 Å². The van der Waals surface area contributed by atoms with Crippen LogP contribution in [-0.4, -0.2) is 24.0 Å². The number of fused-ring (bicyclic) bond motifs is 1. The maximum Gasteiger partial charge on any atom is 0.225 e. The normalized spacial score (nSPS) is 19.2. The molecule has 0 aliphatic carbocycles. The zero-order valence-electron chi connectivity index (χ0n) is 12.2. The van der Waals surface area contributed by atoms with Gasteiger partial charge in [0.15, 0.2) is 5.96 Å². The van der Waals surface area contributed by atoms with Gasteiger partial charge in [0.1, 0.15) is 0 Å². The third-order valence-corrected chi connectivity index (χ3v) is 3.09. The third kappa shape index (κ3) is 3.73. The molecule has 2 rings (SSSR count). The summed E-state index contributed by atoms with van der Waals surface area (Å²) in [6.07, 6.45) is 0.448. The van der Waals surface area contributed by atoms with Crippen LogP contribution >= 0.6 is 0 Å². The molecule has 1 aromatic carbocycles. The van der Waals surface area contributed by atoms with Crippen LogP contribution < -0.4 is 16.4 Å². The SMILES string of the molecule is CC(C)(C)NC(N)=NCC1CC(=O)Nc2ccccc21. The predicted molar refractivity (Wildman–Crippen MR) is 81.8 cm³/mol. The van der Waals surface area contributed by atoms with E-state index >= 15 is 0 Å². The van der Waals surface area contributed by atoms with E-state index in [2.05, 4.69) is 15.6 Å². The number of nitrogens with two attached hydrogens (primary N) is 1. The first-order valence-electron chi connectivity index (χ1n) is 6.82. The van der Waals surface area contributed by atoms with E-state index in [9.17, 15) is 4.79 Å². The predicted octanol–water partition coefficient (Wildman–Crippen LogP) is 1.82. The summed E-state index contributed by atoms with van der Waals surface area (Å²) in [6.45, 7) is 6.59. The third-order valence-electron chi connectivity index (χ3n) is 3.09. The fourth-order valence-corrected chi connectivity index (χ4v) is 2.30. The number of guanidine groups is 1. The van der Waals surface area contributed by atoms with Crippen molar-refractivity contribution < 1.29 is 4.79 Å². The van der Waals surface area contributed by atoms with Gasteiger partial charge in [0.2, 0.25) is 5.91 Å². The Hall–Kier alpha value is -2.04. The van der Waals surface area contributed by atoms with Crippen LogP contribution in [0, 0.1) is 0 Å². The van der Waals surface area contributed by atoms with Gasteiger partial charge in [0.05, 0.1) is 6.54 Å². The lowest BCUT2D eigenvalue weighted by Gasteiger charge is -2.25. The second-order valence-corrected chi connectivity index (χ2v) is 6.14. The van der Waals surface area contributed by atoms with Gasteiger partial charge in [0, 0.05) is 23.6 Å². The zero-order valence-corrected chi connectivity index (χ0v) is 12.2. The van der Waals surface area contributed by atoms with E-state index < -0.39 is 0 Å². The van der Waals surface area contributed by atoms with Crippen LogP contribution in [-0.2, 0) is 4.79 Å². The van der Waals surface area contributed by atoms with Gasteiger partial charge >= 0.3 is 0 Å². The maximum absolute atomic E-state index is 11.7. The van der Waals surface area contributed by atoms with Crippen molar-refractivity contribution in [2.75, 3.05) is 11.9 Å². The number of benzene rings is 1. The molecule has 1 aromatic rings. The van der Waals surface area contributed by atoms with Crippen LogP contribution in [0.15, 0.2) is 29.3 Å². The van der Waals surface area contributed by atoms with Gasteiger partial charge in [-0.05, 0) is 32.4 Å². The molecule has 1 aliphatic heterocycles. The Bertz CT molecular complexity index is 531. The molecule has 1 amide bonds. The summed E-state index contributed by atoms with van der Waals surface area (Å²) < 4.78 is 0. The highest BCUT2D eigenvalue weighted by Crippen LogP contribution is 2.31. The summed E-state index contributed by atoms with van der Waals surface area (Å²) in [5.41, 5.74) is 7.76. The van der Waals surface area contributed by atoms with E-state index in [1.165, 1.54) is 0 Å².